The van der Waals surface area contributed by atoms with Crippen LogP contribution in [0.15, 0.2) is 0 Å². The van der Waals surface area contributed by atoms with Crippen molar-refractivity contribution in [2.45, 2.75) is 32.7 Å². The first-order valence-corrected chi connectivity index (χ1v) is 6.28. The standard InChI is InChI=1S/C11H18N2OS/c1-7(2)10-8(3)15-11(13-10)9-6-14-5-4-12-9/h7,9,12H,4-6H2,1-3H3. The lowest BCUT2D eigenvalue weighted by molar-refractivity contribution is 0.0767. The Morgan fingerprint density at radius 3 is 2.87 bits per heavy atom. The molecule has 0 bridgehead atoms. The molecule has 15 heavy (non-hydrogen) atoms. The fourth-order valence-electron chi connectivity index (χ4n) is 1.84. The van der Waals surface area contributed by atoms with E-state index in [-0.39, 0.29) is 0 Å². The Bertz CT molecular complexity index is 329. The number of nitrogens with one attached hydrogen (secondary N) is 1. The van der Waals surface area contributed by atoms with Crippen LogP contribution in [0.2, 0.25) is 0 Å². The summed E-state index contributed by atoms with van der Waals surface area (Å²) in [6.07, 6.45) is 0. The lowest BCUT2D eigenvalue weighted by Crippen LogP contribution is -2.34. The van der Waals surface area contributed by atoms with E-state index in [0.29, 0.717) is 12.0 Å². The van der Waals surface area contributed by atoms with Gasteiger partial charge in [0, 0.05) is 11.4 Å². The number of morpholine rings is 1. The summed E-state index contributed by atoms with van der Waals surface area (Å²) in [5, 5.41) is 4.61. The van der Waals surface area contributed by atoms with Crippen molar-refractivity contribution in [1.29, 1.82) is 0 Å². The van der Waals surface area contributed by atoms with Crippen molar-refractivity contribution in [3.8, 4) is 0 Å². The first kappa shape index (κ1) is 11.0. The first-order valence-electron chi connectivity index (χ1n) is 5.47. The fraction of sp³-hybridized carbons (Fsp3) is 0.727. The summed E-state index contributed by atoms with van der Waals surface area (Å²) in [5.41, 5.74) is 1.24. The molecule has 1 unspecified atom stereocenters. The molecule has 1 saturated heterocycles. The molecule has 0 amide bonds. The molecule has 0 saturated carbocycles. The SMILES string of the molecule is Cc1sc(C2COCCN2)nc1C(C)C. The zero-order valence-electron chi connectivity index (χ0n) is 9.54. The van der Waals surface area contributed by atoms with Crippen LogP contribution in [0.25, 0.3) is 0 Å². The van der Waals surface area contributed by atoms with Gasteiger partial charge in [-0.2, -0.15) is 0 Å². The third-order valence-electron chi connectivity index (χ3n) is 2.62. The van der Waals surface area contributed by atoms with Crippen molar-refractivity contribution < 1.29 is 4.74 Å². The van der Waals surface area contributed by atoms with Gasteiger partial charge in [-0.05, 0) is 12.8 Å². The van der Waals surface area contributed by atoms with Gasteiger partial charge in [0.15, 0.2) is 0 Å². The van der Waals surface area contributed by atoms with Crippen molar-refractivity contribution in [2.75, 3.05) is 19.8 Å². The van der Waals surface area contributed by atoms with E-state index < -0.39 is 0 Å². The Balaban J connectivity index is 2.17. The molecule has 1 fully saturated rings. The Hall–Kier alpha value is -0.450. The highest BCUT2D eigenvalue weighted by Gasteiger charge is 2.20. The van der Waals surface area contributed by atoms with E-state index in [4.69, 9.17) is 9.72 Å². The first-order chi connectivity index (χ1) is 7.18. The van der Waals surface area contributed by atoms with Crippen molar-refractivity contribution in [2.24, 2.45) is 0 Å². The number of hydrogen-bond donors (Lipinski definition) is 1. The van der Waals surface area contributed by atoms with Crippen molar-refractivity contribution in [1.82, 2.24) is 10.3 Å². The van der Waals surface area contributed by atoms with Crippen LogP contribution in [0.1, 0.15) is 41.4 Å². The predicted molar refractivity (Wildman–Crippen MR) is 62.5 cm³/mol. The molecule has 4 heteroatoms. The maximum absolute atomic E-state index is 5.45. The normalized spacial score (nSPS) is 22.3. The molecule has 0 spiro atoms. The Kier molecular flexibility index (Phi) is 3.38. The molecule has 0 radical (unpaired) electrons. The minimum absolute atomic E-state index is 0.301. The van der Waals surface area contributed by atoms with E-state index in [1.807, 2.05) is 0 Å². The molecule has 1 aliphatic heterocycles. The summed E-state index contributed by atoms with van der Waals surface area (Å²) in [6, 6.07) is 0.301. The molecule has 0 aromatic carbocycles. The van der Waals surface area contributed by atoms with Gasteiger partial charge >= 0.3 is 0 Å². The zero-order valence-corrected chi connectivity index (χ0v) is 10.4. The number of ether oxygens (including phenoxy) is 1. The number of nitrogens with zero attached hydrogens (tertiary/aromatic N) is 1. The fourth-order valence-corrected chi connectivity index (χ4v) is 2.98. The van der Waals surface area contributed by atoms with Crippen molar-refractivity contribution in [3.05, 3.63) is 15.6 Å². The molecule has 1 atom stereocenters. The second-order valence-corrected chi connectivity index (χ2v) is 5.46. The second-order valence-electron chi connectivity index (χ2n) is 4.23. The third kappa shape index (κ3) is 2.38. The van der Waals surface area contributed by atoms with Gasteiger partial charge in [0.25, 0.3) is 0 Å². The van der Waals surface area contributed by atoms with Crippen LogP contribution in [-0.2, 0) is 4.74 Å². The molecule has 2 rings (SSSR count). The minimum atomic E-state index is 0.301. The lowest BCUT2D eigenvalue weighted by Gasteiger charge is -2.21. The Morgan fingerprint density at radius 2 is 2.33 bits per heavy atom. The third-order valence-corrected chi connectivity index (χ3v) is 3.72. The van der Waals surface area contributed by atoms with Crippen LogP contribution in [0.3, 0.4) is 0 Å². The highest BCUT2D eigenvalue weighted by Crippen LogP contribution is 2.28. The summed E-state index contributed by atoms with van der Waals surface area (Å²) in [7, 11) is 0. The summed E-state index contributed by atoms with van der Waals surface area (Å²) >= 11 is 1.80. The molecule has 1 aromatic rings. The van der Waals surface area contributed by atoms with E-state index in [1.165, 1.54) is 15.6 Å². The number of rotatable bonds is 2. The number of aryl methyl sites for hydroxylation is 1. The maximum atomic E-state index is 5.45. The van der Waals surface area contributed by atoms with Crippen LogP contribution < -0.4 is 5.32 Å². The molecule has 1 aliphatic rings. The van der Waals surface area contributed by atoms with Gasteiger partial charge in [-0.25, -0.2) is 4.98 Å². The van der Waals surface area contributed by atoms with Crippen LogP contribution in [0, 0.1) is 6.92 Å². The molecule has 1 aromatic heterocycles. The average molecular weight is 226 g/mol. The van der Waals surface area contributed by atoms with Gasteiger partial charge in [0.2, 0.25) is 0 Å². The van der Waals surface area contributed by atoms with Gasteiger partial charge in [-0.3, -0.25) is 0 Å². The summed E-state index contributed by atoms with van der Waals surface area (Å²) < 4.78 is 5.45. The quantitative estimate of drug-likeness (QED) is 0.839. The van der Waals surface area contributed by atoms with Crippen LogP contribution in [-0.4, -0.2) is 24.7 Å². The van der Waals surface area contributed by atoms with Crippen molar-refractivity contribution >= 4 is 11.3 Å². The van der Waals surface area contributed by atoms with Crippen LogP contribution >= 0.6 is 11.3 Å². The molecule has 0 aliphatic carbocycles. The van der Waals surface area contributed by atoms with Crippen LogP contribution in [0.4, 0.5) is 0 Å². The van der Waals surface area contributed by atoms with Gasteiger partial charge in [0.1, 0.15) is 5.01 Å². The maximum Gasteiger partial charge on any atom is 0.112 e. The highest BCUT2D eigenvalue weighted by atomic mass is 32.1. The lowest BCUT2D eigenvalue weighted by atomic mass is 10.1. The van der Waals surface area contributed by atoms with Gasteiger partial charge in [-0.1, -0.05) is 13.8 Å². The number of aromatic nitrogens is 1. The average Bonchev–Trinajstić information content (AvgIpc) is 2.62. The van der Waals surface area contributed by atoms with Crippen LogP contribution in [0.5, 0.6) is 0 Å². The topological polar surface area (TPSA) is 34.1 Å². The zero-order chi connectivity index (χ0) is 10.8. The highest BCUT2D eigenvalue weighted by molar-refractivity contribution is 7.11. The monoisotopic (exact) mass is 226 g/mol. The van der Waals surface area contributed by atoms with E-state index in [0.717, 1.165) is 19.8 Å². The Labute approximate surface area is 94.9 Å². The summed E-state index contributed by atoms with van der Waals surface area (Å²) in [4.78, 5) is 6.05. The number of hydrogen-bond acceptors (Lipinski definition) is 4. The Morgan fingerprint density at radius 1 is 1.53 bits per heavy atom. The molecular weight excluding hydrogens is 208 g/mol. The van der Waals surface area contributed by atoms with E-state index in [9.17, 15) is 0 Å². The molecule has 1 N–H and O–H groups in total. The second kappa shape index (κ2) is 4.60. The van der Waals surface area contributed by atoms with Gasteiger partial charge in [0.05, 0.1) is 24.9 Å². The smallest absolute Gasteiger partial charge is 0.112 e. The van der Waals surface area contributed by atoms with E-state index in [2.05, 4.69) is 26.1 Å². The molecule has 3 nitrogen and oxygen atoms in total. The molecule has 84 valence electrons. The molecular formula is C11H18N2OS. The van der Waals surface area contributed by atoms with Gasteiger partial charge in [-0.15, -0.1) is 11.3 Å². The predicted octanol–water partition coefficient (Wildman–Crippen LogP) is 2.24. The summed E-state index contributed by atoms with van der Waals surface area (Å²) in [5.74, 6) is 0.513. The summed E-state index contributed by atoms with van der Waals surface area (Å²) in [6.45, 7) is 9.04. The molecule has 2 heterocycles. The van der Waals surface area contributed by atoms with E-state index >= 15 is 0 Å². The number of thiazole rings is 1. The largest absolute Gasteiger partial charge is 0.378 e. The van der Waals surface area contributed by atoms with E-state index in [1.54, 1.807) is 11.3 Å². The van der Waals surface area contributed by atoms with Gasteiger partial charge < -0.3 is 10.1 Å². The minimum Gasteiger partial charge on any atom is -0.378 e. The van der Waals surface area contributed by atoms with Crippen molar-refractivity contribution in [3.63, 3.8) is 0 Å².